The van der Waals surface area contributed by atoms with E-state index in [1.165, 1.54) is 6.42 Å². The standard InChI is InChI=1S/C12H22N2O2/c1-8-9-5-6-13-10(9)7-14(8)11(15)16-12(2,3)4/h8-10,13H,5-7H2,1-4H3/t8-,9-,10+/m1/s1. The quantitative estimate of drug-likeness (QED) is 0.682. The molecule has 0 bridgehead atoms. The lowest BCUT2D eigenvalue weighted by atomic mass is 9.98. The third-order valence-corrected chi connectivity index (χ3v) is 3.53. The first-order valence-electron chi connectivity index (χ1n) is 6.11. The highest BCUT2D eigenvalue weighted by Gasteiger charge is 2.44. The third-order valence-electron chi connectivity index (χ3n) is 3.53. The molecule has 0 unspecified atom stereocenters. The van der Waals surface area contributed by atoms with Gasteiger partial charge in [0.2, 0.25) is 0 Å². The zero-order chi connectivity index (χ0) is 11.9. The number of rotatable bonds is 0. The minimum Gasteiger partial charge on any atom is -0.444 e. The van der Waals surface area contributed by atoms with E-state index >= 15 is 0 Å². The van der Waals surface area contributed by atoms with Gasteiger partial charge in [0.25, 0.3) is 0 Å². The van der Waals surface area contributed by atoms with Crippen molar-refractivity contribution in [1.82, 2.24) is 10.2 Å². The van der Waals surface area contributed by atoms with Crippen molar-refractivity contribution in [2.45, 2.75) is 51.8 Å². The van der Waals surface area contributed by atoms with Gasteiger partial charge in [0.1, 0.15) is 5.60 Å². The molecule has 2 saturated heterocycles. The van der Waals surface area contributed by atoms with Crippen molar-refractivity contribution in [1.29, 1.82) is 0 Å². The van der Waals surface area contributed by atoms with Crippen LogP contribution in [0.25, 0.3) is 0 Å². The van der Waals surface area contributed by atoms with Gasteiger partial charge in [-0.3, -0.25) is 0 Å². The largest absolute Gasteiger partial charge is 0.444 e. The van der Waals surface area contributed by atoms with Gasteiger partial charge in [-0.2, -0.15) is 0 Å². The van der Waals surface area contributed by atoms with Crippen LogP contribution in [0.15, 0.2) is 0 Å². The Balaban J connectivity index is 1.99. The summed E-state index contributed by atoms with van der Waals surface area (Å²) in [5, 5.41) is 3.45. The molecule has 0 saturated carbocycles. The molecule has 1 N–H and O–H groups in total. The summed E-state index contributed by atoms with van der Waals surface area (Å²) in [5.41, 5.74) is -0.401. The summed E-state index contributed by atoms with van der Waals surface area (Å²) in [5.74, 6) is 0.604. The molecule has 0 aliphatic carbocycles. The predicted molar refractivity (Wildman–Crippen MR) is 62.3 cm³/mol. The van der Waals surface area contributed by atoms with Crippen LogP contribution in [0.3, 0.4) is 0 Å². The van der Waals surface area contributed by atoms with Gasteiger partial charge in [-0.1, -0.05) is 0 Å². The SMILES string of the molecule is C[C@@H]1[C@H]2CCN[C@H]2CN1C(=O)OC(C)(C)C. The Morgan fingerprint density at radius 3 is 2.69 bits per heavy atom. The normalized spacial score (nSPS) is 34.0. The molecule has 0 aromatic heterocycles. The van der Waals surface area contributed by atoms with Crippen LogP contribution >= 0.6 is 0 Å². The average molecular weight is 226 g/mol. The molecule has 4 heteroatoms. The van der Waals surface area contributed by atoms with Crippen LogP contribution in [-0.2, 0) is 4.74 Å². The molecule has 3 atom stereocenters. The summed E-state index contributed by atoms with van der Waals surface area (Å²) in [6, 6.07) is 0.775. The van der Waals surface area contributed by atoms with Gasteiger partial charge >= 0.3 is 6.09 Å². The van der Waals surface area contributed by atoms with E-state index in [1.807, 2.05) is 25.7 Å². The zero-order valence-electron chi connectivity index (χ0n) is 10.6. The van der Waals surface area contributed by atoms with Crippen molar-refractivity contribution in [3.8, 4) is 0 Å². The smallest absolute Gasteiger partial charge is 0.410 e. The molecule has 2 heterocycles. The van der Waals surface area contributed by atoms with Crippen LogP contribution in [0, 0.1) is 5.92 Å². The number of hydrogen-bond donors (Lipinski definition) is 1. The first kappa shape index (κ1) is 11.7. The molecular weight excluding hydrogens is 204 g/mol. The fourth-order valence-electron chi connectivity index (χ4n) is 2.74. The first-order valence-corrected chi connectivity index (χ1v) is 6.11. The number of nitrogens with one attached hydrogen (secondary N) is 1. The van der Waals surface area contributed by atoms with E-state index < -0.39 is 5.60 Å². The Morgan fingerprint density at radius 1 is 1.44 bits per heavy atom. The van der Waals surface area contributed by atoms with Gasteiger partial charge in [0, 0.05) is 18.6 Å². The Kier molecular flexibility index (Phi) is 2.86. The summed E-state index contributed by atoms with van der Waals surface area (Å²) in [7, 11) is 0. The number of ether oxygens (including phenoxy) is 1. The van der Waals surface area contributed by atoms with Crippen LogP contribution in [-0.4, -0.2) is 41.8 Å². The van der Waals surface area contributed by atoms with Gasteiger partial charge in [0.05, 0.1) is 0 Å². The van der Waals surface area contributed by atoms with E-state index in [2.05, 4.69) is 12.2 Å². The second kappa shape index (κ2) is 3.91. The number of nitrogens with zero attached hydrogens (tertiary/aromatic N) is 1. The lowest BCUT2D eigenvalue weighted by Gasteiger charge is -2.28. The van der Waals surface area contributed by atoms with Crippen molar-refractivity contribution >= 4 is 6.09 Å². The van der Waals surface area contributed by atoms with Crippen molar-refractivity contribution in [2.75, 3.05) is 13.1 Å². The number of likely N-dealkylation sites (tertiary alicyclic amines) is 1. The lowest BCUT2D eigenvalue weighted by Crippen LogP contribution is -2.41. The molecule has 2 aliphatic heterocycles. The highest BCUT2D eigenvalue weighted by Crippen LogP contribution is 2.31. The minimum atomic E-state index is -0.401. The average Bonchev–Trinajstić information content (AvgIpc) is 2.66. The first-order chi connectivity index (χ1) is 7.38. The fourth-order valence-corrected chi connectivity index (χ4v) is 2.74. The summed E-state index contributed by atoms with van der Waals surface area (Å²) in [4.78, 5) is 13.8. The highest BCUT2D eigenvalue weighted by atomic mass is 16.6. The molecule has 2 rings (SSSR count). The number of hydrogen-bond acceptors (Lipinski definition) is 3. The van der Waals surface area contributed by atoms with E-state index in [9.17, 15) is 4.79 Å². The molecular formula is C12H22N2O2. The Morgan fingerprint density at radius 2 is 2.12 bits per heavy atom. The number of carbonyl (C=O) groups is 1. The van der Waals surface area contributed by atoms with Crippen molar-refractivity contribution in [2.24, 2.45) is 5.92 Å². The molecule has 4 nitrogen and oxygen atoms in total. The van der Waals surface area contributed by atoms with Gasteiger partial charge in [-0.15, -0.1) is 0 Å². The molecule has 0 spiro atoms. The van der Waals surface area contributed by atoms with Gasteiger partial charge in [0.15, 0.2) is 0 Å². The van der Waals surface area contributed by atoms with Crippen LogP contribution in [0.4, 0.5) is 4.79 Å². The molecule has 16 heavy (non-hydrogen) atoms. The zero-order valence-corrected chi connectivity index (χ0v) is 10.6. The van der Waals surface area contributed by atoms with Crippen molar-refractivity contribution in [3.05, 3.63) is 0 Å². The third kappa shape index (κ3) is 2.17. The Hall–Kier alpha value is -0.770. The van der Waals surface area contributed by atoms with E-state index in [0.29, 0.717) is 18.0 Å². The van der Waals surface area contributed by atoms with E-state index in [-0.39, 0.29) is 6.09 Å². The van der Waals surface area contributed by atoms with Gasteiger partial charge < -0.3 is 15.0 Å². The highest BCUT2D eigenvalue weighted by molar-refractivity contribution is 5.69. The molecule has 1 amide bonds. The molecule has 0 aromatic rings. The molecule has 0 aromatic carbocycles. The van der Waals surface area contributed by atoms with Crippen LogP contribution < -0.4 is 5.32 Å². The second-order valence-electron chi connectivity index (χ2n) is 5.89. The second-order valence-corrected chi connectivity index (χ2v) is 5.89. The Labute approximate surface area is 97.3 Å². The fraction of sp³-hybridized carbons (Fsp3) is 0.917. The van der Waals surface area contributed by atoms with Crippen LogP contribution in [0.5, 0.6) is 0 Å². The van der Waals surface area contributed by atoms with E-state index in [4.69, 9.17) is 4.74 Å². The number of amides is 1. The molecule has 2 aliphatic rings. The van der Waals surface area contributed by atoms with Crippen molar-refractivity contribution in [3.63, 3.8) is 0 Å². The maximum atomic E-state index is 12.0. The van der Waals surface area contributed by atoms with Crippen LogP contribution in [0.1, 0.15) is 34.1 Å². The summed E-state index contributed by atoms with van der Waals surface area (Å²) >= 11 is 0. The maximum absolute atomic E-state index is 12.0. The topological polar surface area (TPSA) is 41.6 Å². The summed E-state index contributed by atoms with van der Waals surface area (Å²) in [6.07, 6.45) is 1.00. The van der Waals surface area contributed by atoms with E-state index in [0.717, 1.165) is 13.1 Å². The maximum Gasteiger partial charge on any atom is 0.410 e. The Bertz CT molecular complexity index is 285. The molecule has 92 valence electrons. The summed E-state index contributed by atoms with van der Waals surface area (Å²) in [6.45, 7) is 9.73. The number of fused-ring (bicyclic) bond motifs is 1. The van der Waals surface area contributed by atoms with Gasteiger partial charge in [-0.05, 0) is 46.6 Å². The van der Waals surface area contributed by atoms with Crippen LogP contribution in [0.2, 0.25) is 0 Å². The van der Waals surface area contributed by atoms with Crippen molar-refractivity contribution < 1.29 is 9.53 Å². The summed E-state index contributed by atoms with van der Waals surface area (Å²) < 4.78 is 5.42. The lowest BCUT2D eigenvalue weighted by molar-refractivity contribution is 0.0218. The van der Waals surface area contributed by atoms with E-state index in [1.54, 1.807) is 0 Å². The predicted octanol–water partition coefficient (Wildman–Crippen LogP) is 1.60. The molecule has 2 fully saturated rings. The van der Waals surface area contributed by atoms with Gasteiger partial charge in [-0.25, -0.2) is 4.79 Å². The molecule has 0 radical (unpaired) electrons. The number of carbonyl (C=O) groups excluding carboxylic acids is 1. The monoisotopic (exact) mass is 226 g/mol. The minimum absolute atomic E-state index is 0.170.